The zero-order valence-corrected chi connectivity index (χ0v) is 17.8. The highest BCUT2D eigenvalue weighted by Gasteiger charge is 2.29. The Morgan fingerprint density at radius 1 is 1.26 bits per heavy atom. The lowest BCUT2D eigenvalue weighted by Crippen LogP contribution is -2.41. The normalized spacial score (nSPS) is 18.1. The van der Waals surface area contributed by atoms with Crippen LogP contribution in [0.2, 0.25) is 0 Å². The number of oxazole rings is 1. The summed E-state index contributed by atoms with van der Waals surface area (Å²) < 4.78 is 17.0. The fraction of sp³-hybridized carbons (Fsp3) is 0.609. The molecule has 0 aromatic carbocycles. The Hall–Kier alpha value is -2.79. The molecule has 1 aliphatic heterocycles. The predicted molar refractivity (Wildman–Crippen MR) is 114 cm³/mol. The second-order valence-electron chi connectivity index (χ2n) is 8.30. The first-order valence-corrected chi connectivity index (χ1v) is 11.3. The van der Waals surface area contributed by atoms with Crippen LogP contribution in [0.25, 0.3) is 11.7 Å². The largest absolute Gasteiger partial charge is 0.459 e. The van der Waals surface area contributed by atoms with Crippen molar-refractivity contribution in [2.24, 2.45) is 5.92 Å². The van der Waals surface area contributed by atoms with E-state index in [4.69, 9.17) is 13.6 Å². The third-order valence-corrected chi connectivity index (χ3v) is 6.13. The monoisotopic (exact) mass is 426 g/mol. The summed E-state index contributed by atoms with van der Waals surface area (Å²) in [7, 11) is 0. The fourth-order valence-electron chi connectivity index (χ4n) is 4.36. The Labute approximate surface area is 182 Å². The molecule has 1 aliphatic carbocycles. The molecule has 1 amide bonds. The predicted octanol–water partition coefficient (Wildman–Crippen LogP) is 3.88. The van der Waals surface area contributed by atoms with Crippen molar-refractivity contribution < 1.29 is 18.4 Å². The zero-order chi connectivity index (χ0) is 21.5. The van der Waals surface area contributed by atoms with Crippen LogP contribution in [0.5, 0.6) is 0 Å². The standard InChI is InChI=1S/C23H30N4O4/c24-16-19-23(31-22(26-19)20-8-4-14-30-20)27-12-9-17(10-13-27)21(28)25-11-5-15-29-18-6-2-1-3-7-18/h4,8,14,17-18H,1-3,5-7,9-13,15H2,(H,25,28). The molecule has 166 valence electrons. The SMILES string of the molecule is N#Cc1nc(-c2ccco2)oc1N1CCC(C(=O)NCCCOC2CCCCC2)CC1. The van der Waals surface area contributed by atoms with Crippen LogP contribution in [0.15, 0.2) is 27.2 Å². The summed E-state index contributed by atoms with van der Waals surface area (Å²) in [6, 6.07) is 5.58. The number of piperidine rings is 1. The number of hydrogen-bond donors (Lipinski definition) is 1. The molecule has 0 atom stereocenters. The minimum absolute atomic E-state index is 0.0199. The highest BCUT2D eigenvalue weighted by atomic mass is 16.5. The minimum atomic E-state index is -0.0199. The number of anilines is 1. The summed E-state index contributed by atoms with van der Waals surface area (Å²) in [5, 5.41) is 12.5. The summed E-state index contributed by atoms with van der Waals surface area (Å²) in [4.78, 5) is 18.7. The quantitative estimate of drug-likeness (QED) is 0.639. The maximum absolute atomic E-state index is 12.5. The molecule has 0 unspecified atom stereocenters. The van der Waals surface area contributed by atoms with Gasteiger partial charge in [-0.25, -0.2) is 0 Å². The lowest BCUT2D eigenvalue weighted by atomic mass is 9.96. The summed E-state index contributed by atoms with van der Waals surface area (Å²) in [6.07, 6.45) is 10.4. The highest BCUT2D eigenvalue weighted by Crippen LogP contribution is 2.31. The zero-order valence-electron chi connectivity index (χ0n) is 17.8. The van der Waals surface area contributed by atoms with Crippen molar-refractivity contribution in [2.75, 3.05) is 31.1 Å². The summed E-state index contributed by atoms with van der Waals surface area (Å²) >= 11 is 0. The van der Waals surface area contributed by atoms with E-state index in [9.17, 15) is 10.1 Å². The molecule has 0 radical (unpaired) electrons. The molecule has 2 aromatic heterocycles. The lowest BCUT2D eigenvalue weighted by Gasteiger charge is -2.31. The lowest BCUT2D eigenvalue weighted by molar-refractivity contribution is -0.125. The van der Waals surface area contributed by atoms with Crippen LogP contribution in [-0.2, 0) is 9.53 Å². The van der Waals surface area contributed by atoms with Gasteiger partial charge in [0.1, 0.15) is 6.07 Å². The van der Waals surface area contributed by atoms with Crippen molar-refractivity contribution in [1.82, 2.24) is 10.3 Å². The first-order chi connectivity index (χ1) is 15.2. The highest BCUT2D eigenvalue weighted by molar-refractivity contribution is 5.79. The molecule has 4 rings (SSSR count). The molecule has 8 heteroatoms. The Morgan fingerprint density at radius 2 is 2.06 bits per heavy atom. The number of furan rings is 1. The first-order valence-electron chi connectivity index (χ1n) is 11.3. The van der Waals surface area contributed by atoms with Gasteiger partial charge in [0.25, 0.3) is 5.89 Å². The van der Waals surface area contributed by atoms with Crippen LogP contribution >= 0.6 is 0 Å². The number of nitrogens with one attached hydrogen (secondary N) is 1. The van der Waals surface area contributed by atoms with Crippen LogP contribution < -0.4 is 10.2 Å². The van der Waals surface area contributed by atoms with Crippen molar-refractivity contribution in [3.8, 4) is 17.7 Å². The van der Waals surface area contributed by atoms with Crippen molar-refractivity contribution in [2.45, 2.75) is 57.5 Å². The van der Waals surface area contributed by atoms with Gasteiger partial charge in [0, 0.05) is 32.2 Å². The molecular weight excluding hydrogens is 396 g/mol. The van der Waals surface area contributed by atoms with Gasteiger partial charge in [0.15, 0.2) is 5.76 Å². The third kappa shape index (κ3) is 5.47. The average molecular weight is 427 g/mol. The van der Waals surface area contributed by atoms with Gasteiger partial charge in [-0.3, -0.25) is 4.79 Å². The molecular formula is C23H30N4O4. The maximum Gasteiger partial charge on any atom is 0.266 e. The number of aromatic nitrogens is 1. The molecule has 0 spiro atoms. The molecule has 2 fully saturated rings. The van der Waals surface area contributed by atoms with E-state index >= 15 is 0 Å². The van der Waals surface area contributed by atoms with E-state index in [1.165, 1.54) is 38.4 Å². The molecule has 2 aliphatic rings. The number of ether oxygens (including phenoxy) is 1. The van der Waals surface area contributed by atoms with Crippen LogP contribution in [0.4, 0.5) is 5.88 Å². The molecule has 8 nitrogen and oxygen atoms in total. The van der Waals surface area contributed by atoms with E-state index in [1.807, 2.05) is 4.90 Å². The van der Waals surface area contributed by atoms with Gasteiger partial charge < -0.3 is 23.8 Å². The Kier molecular flexibility index (Phi) is 7.26. The third-order valence-electron chi connectivity index (χ3n) is 6.13. The Balaban J connectivity index is 1.20. The average Bonchev–Trinajstić information content (AvgIpc) is 3.49. The van der Waals surface area contributed by atoms with E-state index in [0.717, 1.165) is 6.42 Å². The summed E-state index contributed by atoms with van der Waals surface area (Å²) in [6.45, 7) is 2.65. The molecule has 1 N–H and O–H groups in total. The maximum atomic E-state index is 12.5. The topological polar surface area (TPSA) is 105 Å². The number of nitrogens with zero attached hydrogens (tertiary/aromatic N) is 3. The Bertz CT molecular complexity index is 872. The second kappa shape index (κ2) is 10.5. The smallest absolute Gasteiger partial charge is 0.266 e. The van der Waals surface area contributed by atoms with Gasteiger partial charge in [-0.15, -0.1) is 0 Å². The van der Waals surface area contributed by atoms with Crippen LogP contribution in [0.3, 0.4) is 0 Å². The van der Waals surface area contributed by atoms with Gasteiger partial charge in [0.05, 0.1) is 12.4 Å². The van der Waals surface area contributed by atoms with E-state index in [-0.39, 0.29) is 17.5 Å². The van der Waals surface area contributed by atoms with E-state index in [1.54, 1.807) is 12.1 Å². The van der Waals surface area contributed by atoms with Crippen LogP contribution in [0.1, 0.15) is 57.1 Å². The molecule has 1 saturated heterocycles. The summed E-state index contributed by atoms with van der Waals surface area (Å²) in [5.74, 6) is 1.32. The number of nitriles is 1. The molecule has 1 saturated carbocycles. The van der Waals surface area contributed by atoms with Gasteiger partial charge >= 0.3 is 0 Å². The molecule has 2 aromatic rings. The van der Waals surface area contributed by atoms with Gasteiger partial charge in [0.2, 0.25) is 17.5 Å². The first kappa shape index (κ1) is 21.4. The number of rotatable bonds is 8. The van der Waals surface area contributed by atoms with Gasteiger partial charge in [-0.2, -0.15) is 10.2 Å². The van der Waals surface area contributed by atoms with E-state index in [2.05, 4.69) is 16.4 Å². The van der Waals surface area contributed by atoms with Crippen LogP contribution in [-0.4, -0.2) is 43.2 Å². The number of amides is 1. The van der Waals surface area contributed by atoms with Gasteiger partial charge in [-0.05, 0) is 44.2 Å². The molecule has 0 bridgehead atoms. The minimum Gasteiger partial charge on any atom is -0.459 e. The molecule has 31 heavy (non-hydrogen) atoms. The second-order valence-corrected chi connectivity index (χ2v) is 8.30. The van der Waals surface area contributed by atoms with E-state index < -0.39 is 0 Å². The fourth-order valence-corrected chi connectivity index (χ4v) is 4.36. The van der Waals surface area contributed by atoms with Crippen molar-refractivity contribution in [3.05, 3.63) is 24.1 Å². The van der Waals surface area contributed by atoms with Crippen molar-refractivity contribution >= 4 is 11.8 Å². The van der Waals surface area contributed by atoms with Gasteiger partial charge in [-0.1, -0.05) is 19.3 Å². The van der Waals surface area contributed by atoms with Crippen LogP contribution in [0, 0.1) is 17.2 Å². The molecule has 3 heterocycles. The number of carbonyl (C=O) groups is 1. The summed E-state index contributed by atoms with van der Waals surface area (Å²) in [5.41, 5.74) is 0.243. The number of hydrogen-bond acceptors (Lipinski definition) is 7. The number of carbonyl (C=O) groups excluding carboxylic acids is 1. The van der Waals surface area contributed by atoms with E-state index in [0.29, 0.717) is 62.7 Å². The van der Waals surface area contributed by atoms with Crippen molar-refractivity contribution in [3.63, 3.8) is 0 Å². The van der Waals surface area contributed by atoms with Crippen molar-refractivity contribution in [1.29, 1.82) is 5.26 Å². The Morgan fingerprint density at radius 3 is 2.77 bits per heavy atom.